The SMILES string of the molecule is Cc1cc(C)cc(-n2ccnc2SCC(=O)N2CCN(C(=O)CN3C(=O)CCC3=O)CC2)c1. The molecule has 0 N–H and O–H groups in total. The van der Waals surface area contributed by atoms with Crippen LogP contribution in [0.15, 0.2) is 35.7 Å². The van der Waals surface area contributed by atoms with Gasteiger partial charge in [0.15, 0.2) is 5.16 Å². The molecule has 2 aliphatic heterocycles. The minimum atomic E-state index is -0.293. The number of hydrogen-bond donors (Lipinski definition) is 0. The molecule has 0 atom stereocenters. The van der Waals surface area contributed by atoms with E-state index in [4.69, 9.17) is 0 Å². The molecule has 1 aromatic heterocycles. The van der Waals surface area contributed by atoms with Crippen molar-refractivity contribution in [3.63, 3.8) is 0 Å². The molecule has 0 aliphatic carbocycles. The summed E-state index contributed by atoms with van der Waals surface area (Å²) in [5, 5.41) is 0.752. The molecule has 2 fully saturated rings. The van der Waals surface area contributed by atoms with Crippen molar-refractivity contribution in [2.45, 2.75) is 31.8 Å². The third kappa shape index (κ3) is 5.27. The zero-order chi connectivity index (χ0) is 23.5. The van der Waals surface area contributed by atoms with E-state index in [9.17, 15) is 19.2 Å². The number of piperazine rings is 1. The molecule has 174 valence electrons. The van der Waals surface area contributed by atoms with E-state index in [1.807, 2.05) is 10.8 Å². The lowest BCUT2D eigenvalue weighted by Gasteiger charge is -2.35. The number of amides is 4. The average molecular weight is 470 g/mol. The first-order chi connectivity index (χ1) is 15.8. The van der Waals surface area contributed by atoms with Crippen molar-refractivity contribution in [3.8, 4) is 5.69 Å². The Morgan fingerprint density at radius 3 is 2.09 bits per heavy atom. The predicted molar refractivity (Wildman–Crippen MR) is 123 cm³/mol. The Bertz CT molecular complexity index is 1050. The highest BCUT2D eigenvalue weighted by Crippen LogP contribution is 2.23. The highest BCUT2D eigenvalue weighted by Gasteiger charge is 2.33. The Morgan fingerprint density at radius 1 is 0.909 bits per heavy atom. The summed E-state index contributed by atoms with van der Waals surface area (Å²) in [6.07, 6.45) is 3.97. The van der Waals surface area contributed by atoms with Crippen LogP contribution < -0.4 is 0 Å². The smallest absolute Gasteiger partial charge is 0.242 e. The lowest BCUT2D eigenvalue weighted by atomic mass is 10.1. The molecule has 0 unspecified atom stereocenters. The molecular weight excluding hydrogens is 442 g/mol. The Labute approximate surface area is 196 Å². The standard InChI is InChI=1S/C23H27N5O4S/c1-16-11-17(2)13-18(12-16)27-6-5-24-23(27)33-15-22(32)26-9-7-25(8-10-26)21(31)14-28-19(29)3-4-20(28)30/h5-6,11-13H,3-4,7-10,14-15H2,1-2H3. The van der Waals surface area contributed by atoms with Gasteiger partial charge in [-0.25, -0.2) is 4.98 Å². The fraction of sp³-hybridized carbons (Fsp3) is 0.435. The van der Waals surface area contributed by atoms with E-state index in [1.165, 1.54) is 11.8 Å². The number of imidazole rings is 1. The average Bonchev–Trinajstić information content (AvgIpc) is 3.39. The van der Waals surface area contributed by atoms with Crippen LogP contribution in [0, 0.1) is 13.8 Å². The lowest BCUT2D eigenvalue weighted by molar-refractivity contribution is -0.146. The van der Waals surface area contributed by atoms with Crippen molar-refractivity contribution in [1.29, 1.82) is 0 Å². The number of rotatable bonds is 6. The fourth-order valence-corrected chi connectivity index (χ4v) is 5.02. The van der Waals surface area contributed by atoms with E-state index in [0.717, 1.165) is 26.9 Å². The molecule has 0 radical (unpaired) electrons. The summed E-state index contributed by atoms with van der Waals surface area (Å²) in [6, 6.07) is 6.28. The molecule has 2 aliphatic rings. The van der Waals surface area contributed by atoms with Crippen LogP contribution >= 0.6 is 11.8 Å². The van der Waals surface area contributed by atoms with Crippen molar-refractivity contribution in [2.24, 2.45) is 0 Å². The predicted octanol–water partition coefficient (Wildman–Crippen LogP) is 1.40. The maximum absolute atomic E-state index is 12.8. The van der Waals surface area contributed by atoms with E-state index in [-0.39, 0.29) is 48.8 Å². The molecule has 9 nitrogen and oxygen atoms in total. The van der Waals surface area contributed by atoms with Gasteiger partial charge in [0.25, 0.3) is 0 Å². The van der Waals surface area contributed by atoms with Gasteiger partial charge in [-0.2, -0.15) is 0 Å². The van der Waals surface area contributed by atoms with Crippen LogP contribution in [0.1, 0.15) is 24.0 Å². The minimum absolute atomic E-state index is 0.00743. The number of likely N-dealkylation sites (tertiary alicyclic amines) is 1. The second kappa shape index (κ2) is 9.78. The normalized spacial score (nSPS) is 16.6. The second-order valence-electron chi connectivity index (χ2n) is 8.35. The Kier molecular flexibility index (Phi) is 6.83. The molecule has 2 aromatic rings. The van der Waals surface area contributed by atoms with Crippen LogP contribution in [-0.2, 0) is 19.2 Å². The van der Waals surface area contributed by atoms with Crippen molar-refractivity contribution in [3.05, 3.63) is 41.7 Å². The summed E-state index contributed by atoms with van der Waals surface area (Å²) in [5.41, 5.74) is 3.34. The highest BCUT2D eigenvalue weighted by atomic mass is 32.2. The van der Waals surface area contributed by atoms with Gasteiger partial charge in [-0.3, -0.25) is 28.6 Å². The molecule has 0 spiro atoms. The summed E-state index contributed by atoms with van der Waals surface area (Å²) in [4.78, 5) is 57.5. The summed E-state index contributed by atoms with van der Waals surface area (Å²) in [6.45, 7) is 5.54. The number of hydrogen-bond acceptors (Lipinski definition) is 6. The molecule has 10 heteroatoms. The van der Waals surface area contributed by atoms with Crippen LogP contribution in [0.5, 0.6) is 0 Å². The zero-order valence-electron chi connectivity index (χ0n) is 18.8. The van der Waals surface area contributed by atoms with Gasteiger partial charge < -0.3 is 9.80 Å². The fourth-order valence-electron chi connectivity index (χ4n) is 4.14. The van der Waals surface area contributed by atoms with E-state index in [1.54, 1.807) is 16.0 Å². The Morgan fingerprint density at radius 2 is 1.48 bits per heavy atom. The van der Waals surface area contributed by atoms with E-state index in [0.29, 0.717) is 26.2 Å². The number of aryl methyl sites for hydroxylation is 2. The number of thioether (sulfide) groups is 1. The van der Waals surface area contributed by atoms with Gasteiger partial charge in [0.2, 0.25) is 23.6 Å². The van der Waals surface area contributed by atoms with Crippen LogP contribution in [0.3, 0.4) is 0 Å². The zero-order valence-corrected chi connectivity index (χ0v) is 19.6. The van der Waals surface area contributed by atoms with Gasteiger partial charge in [-0.15, -0.1) is 0 Å². The summed E-state index contributed by atoms with van der Waals surface area (Å²) in [5.74, 6) is -0.591. The number of carbonyl (C=O) groups is 4. The maximum Gasteiger partial charge on any atom is 0.242 e. The van der Waals surface area contributed by atoms with Gasteiger partial charge in [0.05, 0.1) is 5.75 Å². The maximum atomic E-state index is 12.8. The van der Waals surface area contributed by atoms with Crippen molar-refractivity contribution < 1.29 is 19.2 Å². The molecule has 0 saturated carbocycles. The Hall–Kier alpha value is -3.14. The van der Waals surface area contributed by atoms with E-state index < -0.39 is 0 Å². The summed E-state index contributed by atoms with van der Waals surface area (Å²) >= 11 is 1.39. The van der Waals surface area contributed by atoms with Crippen LogP contribution in [0.4, 0.5) is 0 Å². The molecule has 1 aromatic carbocycles. The summed E-state index contributed by atoms with van der Waals surface area (Å²) in [7, 11) is 0. The molecule has 2 saturated heterocycles. The van der Waals surface area contributed by atoms with Gasteiger partial charge in [0.1, 0.15) is 6.54 Å². The van der Waals surface area contributed by atoms with Gasteiger partial charge in [-0.1, -0.05) is 17.8 Å². The van der Waals surface area contributed by atoms with Gasteiger partial charge in [-0.05, 0) is 37.1 Å². The van der Waals surface area contributed by atoms with Crippen molar-refractivity contribution in [2.75, 3.05) is 38.5 Å². The third-order valence-electron chi connectivity index (χ3n) is 5.85. The minimum Gasteiger partial charge on any atom is -0.338 e. The van der Waals surface area contributed by atoms with E-state index in [2.05, 4.69) is 37.0 Å². The number of aromatic nitrogens is 2. The second-order valence-corrected chi connectivity index (χ2v) is 9.29. The Balaban J connectivity index is 1.28. The first-order valence-corrected chi connectivity index (χ1v) is 11.9. The highest BCUT2D eigenvalue weighted by molar-refractivity contribution is 7.99. The van der Waals surface area contributed by atoms with Crippen molar-refractivity contribution in [1.82, 2.24) is 24.3 Å². The first kappa shape index (κ1) is 23.0. The molecule has 3 heterocycles. The van der Waals surface area contributed by atoms with E-state index >= 15 is 0 Å². The molecule has 4 amide bonds. The topological polar surface area (TPSA) is 95.8 Å². The largest absolute Gasteiger partial charge is 0.338 e. The lowest BCUT2D eigenvalue weighted by Crippen LogP contribution is -2.53. The summed E-state index contributed by atoms with van der Waals surface area (Å²) < 4.78 is 1.98. The monoisotopic (exact) mass is 469 g/mol. The molecule has 4 rings (SSSR count). The quantitative estimate of drug-likeness (QED) is 0.469. The van der Waals surface area contributed by atoms with Crippen LogP contribution in [0.2, 0.25) is 0 Å². The first-order valence-electron chi connectivity index (χ1n) is 11.0. The van der Waals surface area contributed by atoms with Crippen LogP contribution in [0.25, 0.3) is 5.69 Å². The molecular formula is C23H27N5O4S. The van der Waals surface area contributed by atoms with Gasteiger partial charge >= 0.3 is 0 Å². The third-order valence-corrected chi connectivity index (χ3v) is 6.80. The molecule has 0 bridgehead atoms. The number of imide groups is 1. The number of benzene rings is 1. The molecule has 33 heavy (non-hydrogen) atoms. The van der Waals surface area contributed by atoms with Gasteiger partial charge in [0, 0.05) is 57.1 Å². The number of carbonyl (C=O) groups excluding carboxylic acids is 4. The van der Waals surface area contributed by atoms with Crippen molar-refractivity contribution >= 4 is 35.4 Å². The van der Waals surface area contributed by atoms with Crippen LogP contribution in [-0.4, -0.2) is 86.4 Å². The number of nitrogens with zero attached hydrogens (tertiary/aromatic N) is 5.